The number of nitrogens with zero attached hydrogens (tertiary/aromatic N) is 4. The number of rotatable bonds is 1. The van der Waals surface area contributed by atoms with Gasteiger partial charge in [0.05, 0.1) is 6.20 Å². The SMILES string of the molecule is Nc1nn(-c2ncc(I)cn2)cc1Cl. The fraction of sp³-hybridized carbons (Fsp3) is 0. The van der Waals surface area contributed by atoms with Gasteiger partial charge in [-0.15, -0.1) is 5.10 Å². The Labute approximate surface area is 98.4 Å². The molecule has 72 valence electrons. The van der Waals surface area contributed by atoms with E-state index in [1.54, 1.807) is 18.6 Å². The van der Waals surface area contributed by atoms with E-state index in [9.17, 15) is 0 Å². The first-order chi connectivity index (χ1) is 6.66. The van der Waals surface area contributed by atoms with E-state index < -0.39 is 0 Å². The van der Waals surface area contributed by atoms with E-state index in [0.29, 0.717) is 11.0 Å². The molecule has 0 saturated carbocycles. The van der Waals surface area contributed by atoms with Crippen LogP contribution >= 0.6 is 34.2 Å². The highest BCUT2D eigenvalue weighted by Crippen LogP contribution is 2.16. The van der Waals surface area contributed by atoms with Gasteiger partial charge in [0.2, 0.25) is 0 Å². The van der Waals surface area contributed by atoms with Crippen LogP contribution in [0, 0.1) is 3.57 Å². The first-order valence-corrected chi connectivity index (χ1v) is 5.11. The van der Waals surface area contributed by atoms with Crippen LogP contribution in [0.2, 0.25) is 5.02 Å². The quantitative estimate of drug-likeness (QED) is 0.808. The van der Waals surface area contributed by atoms with Crippen molar-refractivity contribution in [2.45, 2.75) is 0 Å². The molecule has 0 spiro atoms. The van der Waals surface area contributed by atoms with Crippen molar-refractivity contribution in [2.24, 2.45) is 0 Å². The summed E-state index contributed by atoms with van der Waals surface area (Å²) in [6.07, 6.45) is 4.95. The number of hydrogen-bond donors (Lipinski definition) is 1. The summed E-state index contributed by atoms with van der Waals surface area (Å²) in [6, 6.07) is 0. The van der Waals surface area contributed by atoms with E-state index in [0.717, 1.165) is 3.57 Å². The Bertz CT molecular complexity index is 432. The highest BCUT2D eigenvalue weighted by molar-refractivity contribution is 14.1. The van der Waals surface area contributed by atoms with E-state index in [4.69, 9.17) is 17.3 Å². The van der Waals surface area contributed by atoms with Gasteiger partial charge in [0.15, 0.2) is 5.82 Å². The molecule has 0 radical (unpaired) electrons. The van der Waals surface area contributed by atoms with Gasteiger partial charge in [-0.2, -0.15) is 0 Å². The molecule has 2 aromatic heterocycles. The van der Waals surface area contributed by atoms with Crippen LogP contribution in [0.5, 0.6) is 0 Å². The molecule has 0 unspecified atom stereocenters. The third-order valence-corrected chi connectivity index (χ3v) is 2.36. The zero-order chi connectivity index (χ0) is 10.1. The van der Waals surface area contributed by atoms with Crippen LogP contribution in [-0.2, 0) is 0 Å². The van der Waals surface area contributed by atoms with E-state index >= 15 is 0 Å². The predicted molar refractivity (Wildman–Crippen MR) is 61.3 cm³/mol. The van der Waals surface area contributed by atoms with E-state index in [1.165, 1.54) is 4.68 Å². The molecule has 0 aliphatic rings. The lowest BCUT2D eigenvalue weighted by Crippen LogP contribution is -2.01. The smallest absolute Gasteiger partial charge is 0.250 e. The minimum Gasteiger partial charge on any atom is -0.381 e. The van der Waals surface area contributed by atoms with Crippen LogP contribution in [0.3, 0.4) is 0 Å². The summed E-state index contributed by atoms with van der Waals surface area (Å²) in [7, 11) is 0. The maximum absolute atomic E-state index is 5.75. The standard InChI is InChI=1S/C7H5ClIN5/c8-5-3-14(13-6(5)10)7-11-1-4(9)2-12-7/h1-3H,(H2,10,13). The van der Waals surface area contributed by atoms with Gasteiger partial charge in [0.1, 0.15) is 5.02 Å². The molecule has 0 fully saturated rings. The van der Waals surface area contributed by atoms with Gasteiger partial charge in [-0.25, -0.2) is 14.6 Å². The topological polar surface area (TPSA) is 69.6 Å². The molecule has 0 aliphatic heterocycles. The highest BCUT2D eigenvalue weighted by atomic mass is 127. The van der Waals surface area contributed by atoms with Crippen molar-refractivity contribution in [1.29, 1.82) is 0 Å². The minimum atomic E-state index is 0.272. The molecule has 0 bridgehead atoms. The van der Waals surface area contributed by atoms with Crippen molar-refractivity contribution in [3.8, 4) is 5.95 Å². The first kappa shape index (κ1) is 9.66. The summed E-state index contributed by atoms with van der Waals surface area (Å²) in [4.78, 5) is 8.14. The minimum absolute atomic E-state index is 0.272. The summed E-state index contributed by atoms with van der Waals surface area (Å²) in [5.74, 6) is 0.720. The third kappa shape index (κ3) is 1.80. The van der Waals surface area contributed by atoms with Crippen LogP contribution in [0.15, 0.2) is 18.6 Å². The molecule has 0 atom stereocenters. The van der Waals surface area contributed by atoms with Crippen molar-refractivity contribution >= 4 is 40.0 Å². The molecule has 2 rings (SSSR count). The van der Waals surface area contributed by atoms with Gasteiger partial charge in [-0.3, -0.25) is 0 Å². The maximum Gasteiger partial charge on any atom is 0.250 e. The summed E-state index contributed by atoms with van der Waals surface area (Å²) in [5.41, 5.74) is 5.49. The number of aromatic nitrogens is 4. The Morgan fingerprint density at radius 3 is 2.50 bits per heavy atom. The van der Waals surface area contributed by atoms with Gasteiger partial charge < -0.3 is 5.73 Å². The number of nitrogen functional groups attached to an aromatic ring is 1. The zero-order valence-corrected chi connectivity index (χ0v) is 9.77. The molecule has 0 aromatic carbocycles. The zero-order valence-electron chi connectivity index (χ0n) is 6.85. The molecular formula is C7H5ClIN5. The van der Waals surface area contributed by atoms with Gasteiger partial charge in [0.25, 0.3) is 5.95 Å². The third-order valence-electron chi connectivity index (χ3n) is 1.51. The monoisotopic (exact) mass is 321 g/mol. The summed E-state index contributed by atoms with van der Waals surface area (Å²) in [6.45, 7) is 0. The molecule has 0 amide bonds. The number of halogens is 2. The largest absolute Gasteiger partial charge is 0.381 e. The molecule has 0 saturated heterocycles. The summed E-state index contributed by atoms with van der Waals surface area (Å²) < 4.78 is 2.39. The van der Waals surface area contributed by atoms with Crippen molar-refractivity contribution in [3.63, 3.8) is 0 Å². The molecule has 2 heterocycles. The Morgan fingerprint density at radius 1 is 1.36 bits per heavy atom. The van der Waals surface area contributed by atoms with E-state index in [-0.39, 0.29) is 5.82 Å². The first-order valence-electron chi connectivity index (χ1n) is 3.65. The average molecular weight is 322 g/mol. The van der Waals surface area contributed by atoms with E-state index in [1.807, 2.05) is 0 Å². The second-order valence-corrected chi connectivity index (χ2v) is 4.16. The Hall–Kier alpha value is -0.890. The Kier molecular flexibility index (Phi) is 2.55. The van der Waals surface area contributed by atoms with Crippen molar-refractivity contribution in [2.75, 3.05) is 5.73 Å². The fourth-order valence-electron chi connectivity index (χ4n) is 0.892. The van der Waals surface area contributed by atoms with Gasteiger partial charge in [0, 0.05) is 16.0 Å². The lowest BCUT2D eigenvalue weighted by molar-refractivity contribution is 0.810. The predicted octanol–water partition coefficient (Wildman–Crippen LogP) is 1.50. The summed E-state index contributed by atoms with van der Waals surface area (Å²) in [5, 5.41) is 4.34. The van der Waals surface area contributed by atoms with E-state index in [2.05, 4.69) is 37.7 Å². The van der Waals surface area contributed by atoms with Crippen LogP contribution in [-0.4, -0.2) is 19.7 Å². The average Bonchev–Trinajstić information content (AvgIpc) is 2.48. The van der Waals surface area contributed by atoms with Gasteiger partial charge in [-0.05, 0) is 22.6 Å². The van der Waals surface area contributed by atoms with Crippen LogP contribution in [0.4, 0.5) is 5.82 Å². The second kappa shape index (κ2) is 3.70. The highest BCUT2D eigenvalue weighted by Gasteiger charge is 2.05. The maximum atomic E-state index is 5.75. The van der Waals surface area contributed by atoms with Crippen LogP contribution in [0.1, 0.15) is 0 Å². The molecule has 2 aromatic rings. The second-order valence-electron chi connectivity index (χ2n) is 2.51. The molecule has 14 heavy (non-hydrogen) atoms. The van der Waals surface area contributed by atoms with Gasteiger partial charge >= 0.3 is 0 Å². The molecular weight excluding hydrogens is 316 g/mol. The fourth-order valence-corrected chi connectivity index (χ4v) is 1.30. The lowest BCUT2D eigenvalue weighted by atomic mass is 10.6. The Balaban J connectivity index is 2.44. The number of nitrogens with two attached hydrogens (primary N) is 1. The van der Waals surface area contributed by atoms with Crippen molar-refractivity contribution in [1.82, 2.24) is 19.7 Å². The van der Waals surface area contributed by atoms with Gasteiger partial charge in [-0.1, -0.05) is 11.6 Å². The molecule has 2 N–H and O–H groups in total. The van der Waals surface area contributed by atoms with Crippen LogP contribution in [0.25, 0.3) is 5.95 Å². The molecule has 7 heteroatoms. The Morgan fingerprint density at radius 2 is 2.00 bits per heavy atom. The molecule has 0 aliphatic carbocycles. The molecule has 5 nitrogen and oxygen atoms in total. The van der Waals surface area contributed by atoms with Crippen LogP contribution < -0.4 is 5.73 Å². The number of anilines is 1. The van der Waals surface area contributed by atoms with Crippen molar-refractivity contribution < 1.29 is 0 Å². The van der Waals surface area contributed by atoms with Crippen molar-refractivity contribution in [3.05, 3.63) is 27.2 Å². The number of hydrogen-bond acceptors (Lipinski definition) is 4. The lowest BCUT2D eigenvalue weighted by Gasteiger charge is -1.97. The normalized spacial score (nSPS) is 10.4. The summed E-state index contributed by atoms with van der Waals surface area (Å²) >= 11 is 7.87.